The van der Waals surface area contributed by atoms with Crippen LogP contribution in [0.1, 0.15) is 21.5 Å². The van der Waals surface area contributed by atoms with Crippen LogP contribution in [0.25, 0.3) is 11.3 Å². The summed E-state index contributed by atoms with van der Waals surface area (Å²) >= 11 is 5.98. The molecule has 0 radical (unpaired) electrons. The third-order valence-corrected chi connectivity index (χ3v) is 4.06. The van der Waals surface area contributed by atoms with Gasteiger partial charge in [0.15, 0.2) is 0 Å². The molecule has 2 aromatic carbocycles. The van der Waals surface area contributed by atoms with Crippen molar-refractivity contribution in [1.29, 1.82) is 0 Å². The lowest BCUT2D eigenvalue weighted by molar-refractivity contribution is 0.0726. The summed E-state index contributed by atoms with van der Waals surface area (Å²) in [4.78, 5) is 12.1. The first kappa shape index (κ1) is 16.1. The number of aromatic nitrogens is 2. The Morgan fingerprint density at radius 1 is 0.958 bits per heavy atom. The van der Waals surface area contributed by atoms with E-state index in [9.17, 15) is 4.79 Å². The van der Waals surface area contributed by atoms with E-state index in [1.54, 1.807) is 36.4 Å². The van der Waals surface area contributed by atoms with Gasteiger partial charge in [0.25, 0.3) is 0 Å². The summed E-state index contributed by atoms with van der Waals surface area (Å²) in [6.07, 6.45) is 0. The second kappa shape index (κ2) is 6.81. The molecule has 0 aliphatic carbocycles. The van der Waals surface area contributed by atoms with Gasteiger partial charge < -0.3 is 4.74 Å². The molecule has 0 saturated carbocycles. The molecular weight excluding hydrogens is 324 g/mol. The number of hydrogen-bond donors (Lipinski definition) is 0. The number of rotatable bonds is 3. The monoisotopic (exact) mass is 338 g/mol. The van der Waals surface area contributed by atoms with Crippen LogP contribution in [0, 0.1) is 13.8 Å². The van der Waals surface area contributed by atoms with Crippen LogP contribution in [0.5, 0.6) is 5.88 Å². The topological polar surface area (TPSA) is 52.1 Å². The molecule has 0 spiro atoms. The number of ether oxygens (including phenoxy) is 1. The number of esters is 1. The van der Waals surface area contributed by atoms with Crippen molar-refractivity contribution in [3.63, 3.8) is 0 Å². The normalized spacial score (nSPS) is 10.5. The predicted octanol–water partition coefficient (Wildman–Crippen LogP) is 4.63. The zero-order chi connectivity index (χ0) is 17.1. The summed E-state index contributed by atoms with van der Waals surface area (Å²) in [5.41, 5.74) is 4.38. The molecule has 4 nitrogen and oxygen atoms in total. The Bertz CT molecular complexity index is 892. The van der Waals surface area contributed by atoms with Gasteiger partial charge >= 0.3 is 5.97 Å². The highest BCUT2D eigenvalue weighted by Crippen LogP contribution is 2.22. The fraction of sp³-hybridized carbons (Fsp3) is 0.105. The van der Waals surface area contributed by atoms with Crippen LogP contribution < -0.4 is 4.74 Å². The number of aryl methyl sites for hydroxylation is 2. The lowest BCUT2D eigenvalue weighted by atomic mass is 10.0. The molecule has 1 aromatic heterocycles. The molecule has 0 unspecified atom stereocenters. The first-order valence-corrected chi connectivity index (χ1v) is 7.80. The highest BCUT2D eigenvalue weighted by Gasteiger charge is 2.13. The van der Waals surface area contributed by atoms with Crippen molar-refractivity contribution in [3.8, 4) is 17.1 Å². The van der Waals surface area contributed by atoms with E-state index in [1.807, 2.05) is 19.1 Å². The maximum absolute atomic E-state index is 12.1. The van der Waals surface area contributed by atoms with E-state index in [-0.39, 0.29) is 5.88 Å². The lowest BCUT2D eigenvalue weighted by Crippen LogP contribution is -2.10. The number of nitrogens with zero attached hydrogens (tertiary/aromatic N) is 2. The molecule has 0 amide bonds. The summed E-state index contributed by atoms with van der Waals surface area (Å²) in [5.74, 6) is -0.429. The van der Waals surface area contributed by atoms with E-state index in [4.69, 9.17) is 16.3 Å². The maximum Gasteiger partial charge on any atom is 0.346 e. The van der Waals surface area contributed by atoms with E-state index in [2.05, 4.69) is 23.2 Å². The quantitative estimate of drug-likeness (QED) is 0.653. The van der Waals surface area contributed by atoms with E-state index < -0.39 is 5.97 Å². The number of benzene rings is 2. The zero-order valence-corrected chi connectivity index (χ0v) is 14.0. The Hall–Kier alpha value is -2.72. The summed E-state index contributed by atoms with van der Waals surface area (Å²) in [6.45, 7) is 4.11. The minimum atomic E-state index is -0.561. The number of hydrogen-bond acceptors (Lipinski definition) is 4. The Balaban J connectivity index is 1.78. The fourth-order valence-electron chi connectivity index (χ4n) is 2.21. The van der Waals surface area contributed by atoms with Gasteiger partial charge in [-0.2, -0.15) is 0 Å². The van der Waals surface area contributed by atoms with Gasteiger partial charge in [-0.15, -0.1) is 10.2 Å². The molecule has 0 aliphatic heterocycles. The Labute approximate surface area is 145 Å². The molecule has 0 atom stereocenters. The van der Waals surface area contributed by atoms with Crippen LogP contribution in [0.4, 0.5) is 0 Å². The van der Waals surface area contributed by atoms with Crippen LogP contribution in [0.3, 0.4) is 0 Å². The van der Waals surface area contributed by atoms with Crippen LogP contribution in [0.2, 0.25) is 5.02 Å². The van der Waals surface area contributed by atoms with Crippen LogP contribution >= 0.6 is 11.6 Å². The van der Waals surface area contributed by atoms with Gasteiger partial charge in [0.2, 0.25) is 5.88 Å². The highest BCUT2D eigenvalue weighted by molar-refractivity contribution is 6.33. The van der Waals surface area contributed by atoms with Crippen molar-refractivity contribution in [1.82, 2.24) is 10.2 Å². The standard InChI is InChI=1S/C19H15ClN2O2/c1-12-7-8-14(11-13(12)2)17-9-10-18(22-21-17)24-19(23)15-5-3-4-6-16(15)20/h3-11H,1-2H3. The largest absolute Gasteiger partial charge is 0.402 e. The van der Waals surface area contributed by atoms with Gasteiger partial charge in [0, 0.05) is 11.6 Å². The van der Waals surface area contributed by atoms with Gasteiger partial charge in [-0.3, -0.25) is 0 Å². The van der Waals surface area contributed by atoms with Gasteiger partial charge in [0.1, 0.15) is 0 Å². The molecule has 5 heteroatoms. The van der Waals surface area contributed by atoms with Crippen molar-refractivity contribution in [2.45, 2.75) is 13.8 Å². The van der Waals surface area contributed by atoms with Crippen molar-refractivity contribution >= 4 is 17.6 Å². The Kier molecular flexibility index (Phi) is 4.58. The summed E-state index contributed by atoms with van der Waals surface area (Å²) in [7, 11) is 0. The van der Waals surface area contributed by atoms with Crippen LogP contribution in [-0.2, 0) is 0 Å². The van der Waals surface area contributed by atoms with Crippen molar-refractivity contribution in [2.24, 2.45) is 0 Å². The molecule has 3 aromatic rings. The Morgan fingerprint density at radius 3 is 2.42 bits per heavy atom. The second-order valence-electron chi connectivity index (χ2n) is 5.43. The zero-order valence-electron chi connectivity index (χ0n) is 13.3. The molecule has 1 heterocycles. The number of carbonyl (C=O) groups is 1. The minimum absolute atomic E-state index is 0.132. The maximum atomic E-state index is 12.1. The molecule has 0 bridgehead atoms. The van der Waals surface area contributed by atoms with Crippen molar-refractivity contribution in [2.75, 3.05) is 0 Å². The predicted molar refractivity (Wildman–Crippen MR) is 93.4 cm³/mol. The lowest BCUT2D eigenvalue weighted by Gasteiger charge is -2.06. The van der Waals surface area contributed by atoms with E-state index in [0.29, 0.717) is 10.6 Å². The van der Waals surface area contributed by atoms with Gasteiger partial charge in [-0.1, -0.05) is 35.9 Å². The average Bonchev–Trinajstić information content (AvgIpc) is 2.58. The van der Waals surface area contributed by atoms with E-state index in [0.717, 1.165) is 11.3 Å². The average molecular weight is 339 g/mol. The summed E-state index contributed by atoms with van der Waals surface area (Å²) in [5, 5.41) is 8.43. The summed E-state index contributed by atoms with van der Waals surface area (Å²) < 4.78 is 5.22. The molecule has 24 heavy (non-hydrogen) atoms. The number of halogens is 1. The fourth-order valence-corrected chi connectivity index (χ4v) is 2.42. The summed E-state index contributed by atoms with van der Waals surface area (Å²) in [6, 6.07) is 16.2. The van der Waals surface area contributed by atoms with Gasteiger partial charge in [-0.05, 0) is 49.2 Å². The van der Waals surface area contributed by atoms with Crippen molar-refractivity contribution < 1.29 is 9.53 Å². The third-order valence-electron chi connectivity index (χ3n) is 3.73. The minimum Gasteiger partial charge on any atom is -0.402 e. The van der Waals surface area contributed by atoms with E-state index >= 15 is 0 Å². The molecular formula is C19H15ClN2O2. The van der Waals surface area contributed by atoms with Gasteiger partial charge in [-0.25, -0.2) is 4.79 Å². The Morgan fingerprint density at radius 2 is 1.75 bits per heavy atom. The van der Waals surface area contributed by atoms with Crippen molar-refractivity contribution in [3.05, 3.63) is 76.3 Å². The first-order chi connectivity index (χ1) is 11.5. The van der Waals surface area contributed by atoms with Crippen LogP contribution in [-0.4, -0.2) is 16.2 Å². The third kappa shape index (κ3) is 3.44. The van der Waals surface area contributed by atoms with E-state index in [1.165, 1.54) is 11.1 Å². The molecule has 120 valence electrons. The van der Waals surface area contributed by atoms with Crippen LogP contribution in [0.15, 0.2) is 54.6 Å². The first-order valence-electron chi connectivity index (χ1n) is 7.42. The SMILES string of the molecule is Cc1ccc(-c2ccc(OC(=O)c3ccccc3Cl)nn2)cc1C. The van der Waals surface area contributed by atoms with Gasteiger partial charge in [0.05, 0.1) is 16.3 Å². The molecule has 3 rings (SSSR count). The molecule has 0 aliphatic rings. The smallest absolute Gasteiger partial charge is 0.346 e. The molecule has 0 fully saturated rings. The molecule has 0 saturated heterocycles. The highest BCUT2D eigenvalue weighted by atomic mass is 35.5. The number of carbonyl (C=O) groups excluding carboxylic acids is 1. The molecule has 0 N–H and O–H groups in total. The second-order valence-corrected chi connectivity index (χ2v) is 5.83.